The van der Waals surface area contributed by atoms with Gasteiger partial charge in [0, 0.05) is 37.7 Å². The lowest BCUT2D eigenvalue weighted by Gasteiger charge is -2.33. The van der Waals surface area contributed by atoms with E-state index >= 15 is 0 Å². The molecule has 1 atom stereocenters. The van der Waals surface area contributed by atoms with Gasteiger partial charge in [0.05, 0.1) is 12.2 Å². The maximum absolute atomic E-state index is 11.6. The Morgan fingerprint density at radius 1 is 1.33 bits per heavy atom. The zero-order chi connectivity index (χ0) is 16.8. The van der Waals surface area contributed by atoms with Gasteiger partial charge >= 0.3 is 5.97 Å². The highest BCUT2D eigenvalue weighted by Gasteiger charge is 2.21. The highest BCUT2D eigenvalue weighted by Crippen LogP contribution is 2.18. The molecule has 126 valence electrons. The molecule has 0 aliphatic carbocycles. The molecule has 1 fully saturated rings. The first-order valence-corrected chi connectivity index (χ1v) is 8.18. The van der Waals surface area contributed by atoms with Crippen molar-refractivity contribution in [2.45, 2.75) is 25.8 Å². The van der Waals surface area contributed by atoms with Gasteiger partial charge in [-0.25, -0.2) is 19.7 Å². The number of rotatable bonds is 5. The molecule has 3 rings (SSSR count). The zero-order valence-corrected chi connectivity index (χ0v) is 13.7. The van der Waals surface area contributed by atoms with Crippen LogP contribution in [0.15, 0.2) is 36.8 Å². The fourth-order valence-corrected chi connectivity index (χ4v) is 2.75. The number of ether oxygens (including phenoxy) is 1. The second-order valence-electron chi connectivity index (χ2n) is 5.63. The lowest BCUT2D eigenvalue weighted by molar-refractivity contribution is 0.0526. The van der Waals surface area contributed by atoms with E-state index in [4.69, 9.17) is 4.74 Å². The number of carbonyl (C=O) groups is 1. The number of hydrogen-bond donors (Lipinski definition) is 1. The molecule has 0 radical (unpaired) electrons. The number of aromatic nitrogens is 3. The third kappa shape index (κ3) is 3.98. The smallest absolute Gasteiger partial charge is 0.339 e. The fourth-order valence-electron chi connectivity index (χ4n) is 2.75. The van der Waals surface area contributed by atoms with Crippen LogP contribution in [-0.2, 0) is 4.74 Å². The van der Waals surface area contributed by atoms with Crippen LogP contribution >= 0.6 is 0 Å². The van der Waals surface area contributed by atoms with E-state index in [0.29, 0.717) is 12.2 Å². The summed E-state index contributed by atoms with van der Waals surface area (Å²) in [5.41, 5.74) is 0.463. The zero-order valence-electron chi connectivity index (χ0n) is 13.7. The van der Waals surface area contributed by atoms with Gasteiger partial charge in [-0.15, -0.1) is 0 Å². The fraction of sp³-hybridized carbons (Fsp3) is 0.412. The molecular formula is C17H21N5O2. The first-order valence-electron chi connectivity index (χ1n) is 8.18. The van der Waals surface area contributed by atoms with Crippen LogP contribution in [0.25, 0.3) is 0 Å². The van der Waals surface area contributed by atoms with Gasteiger partial charge in [0.1, 0.15) is 5.82 Å². The van der Waals surface area contributed by atoms with E-state index in [2.05, 4.69) is 25.2 Å². The monoisotopic (exact) mass is 327 g/mol. The van der Waals surface area contributed by atoms with Crippen LogP contribution in [0.2, 0.25) is 0 Å². The molecule has 24 heavy (non-hydrogen) atoms. The second kappa shape index (κ2) is 7.72. The Hall–Kier alpha value is -2.70. The van der Waals surface area contributed by atoms with Crippen molar-refractivity contribution in [2.24, 2.45) is 0 Å². The SMILES string of the molecule is CCOC(=O)c1ccc(N[C@H]2CCCN(c3ncccn3)C2)nc1. The highest BCUT2D eigenvalue weighted by atomic mass is 16.5. The van der Waals surface area contributed by atoms with E-state index in [0.717, 1.165) is 37.7 Å². The highest BCUT2D eigenvalue weighted by molar-refractivity contribution is 5.89. The maximum Gasteiger partial charge on any atom is 0.339 e. The van der Waals surface area contributed by atoms with Crippen LogP contribution in [-0.4, -0.2) is 46.7 Å². The van der Waals surface area contributed by atoms with E-state index in [1.54, 1.807) is 31.6 Å². The Balaban J connectivity index is 1.60. The Bertz CT molecular complexity index is 662. The minimum absolute atomic E-state index is 0.267. The molecule has 0 aromatic carbocycles. The average Bonchev–Trinajstić information content (AvgIpc) is 2.63. The van der Waals surface area contributed by atoms with Gasteiger partial charge in [0.15, 0.2) is 0 Å². The molecule has 0 unspecified atom stereocenters. The number of nitrogens with zero attached hydrogens (tertiary/aromatic N) is 4. The van der Waals surface area contributed by atoms with Crippen molar-refractivity contribution in [3.05, 3.63) is 42.4 Å². The molecule has 1 aliphatic rings. The Labute approximate surface area is 141 Å². The van der Waals surface area contributed by atoms with E-state index in [-0.39, 0.29) is 12.0 Å². The Morgan fingerprint density at radius 3 is 2.88 bits per heavy atom. The molecule has 0 saturated carbocycles. The van der Waals surface area contributed by atoms with Crippen LogP contribution < -0.4 is 10.2 Å². The number of nitrogens with one attached hydrogen (secondary N) is 1. The lowest BCUT2D eigenvalue weighted by atomic mass is 10.1. The number of pyridine rings is 1. The van der Waals surface area contributed by atoms with Gasteiger partial charge in [0.2, 0.25) is 5.95 Å². The average molecular weight is 327 g/mol. The summed E-state index contributed by atoms with van der Waals surface area (Å²) in [7, 11) is 0. The number of hydrogen-bond acceptors (Lipinski definition) is 7. The molecule has 1 N–H and O–H groups in total. The molecule has 2 aromatic rings. The lowest BCUT2D eigenvalue weighted by Crippen LogP contribution is -2.43. The molecule has 7 nitrogen and oxygen atoms in total. The normalized spacial score (nSPS) is 17.4. The van der Waals surface area contributed by atoms with Crippen molar-refractivity contribution in [3.63, 3.8) is 0 Å². The number of esters is 1. The quantitative estimate of drug-likeness (QED) is 0.843. The molecule has 3 heterocycles. The summed E-state index contributed by atoms with van der Waals surface area (Å²) in [4.78, 5) is 26.8. The van der Waals surface area contributed by atoms with Crippen molar-refractivity contribution in [1.82, 2.24) is 15.0 Å². The van der Waals surface area contributed by atoms with E-state index in [1.807, 2.05) is 12.1 Å². The number of piperidine rings is 1. The molecule has 1 aliphatic heterocycles. The predicted molar refractivity (Wildman–Crippen MR) is 91.1 cm³/mol. The second-order valence-corrected chi connectivity index (χ2v) is 5.63. The molecule has 2 aromatic heterocycles. The van der Waals surface area contributed by atoms with Crippen molar-refractivity contribution >= 4 is 17.7 Å². The van der Waals surface area contributed by atoms with Crippen LogP contribution in [0, 0.1) is 0 Å². The summed E-state index contributed by atoms with van der Waals surface area (Å²) in [6.07, 6.45) is 7.19. The first-order chi connectivity index (χ1) is 11.8. The van der Waals surface area contributed by atoms with Crippen molar-refractivity contribution < 1.29 is 9.53 Å². The molecule has 0 spiro atoms. The van der Waals surface area contributed by atoms with Gasteiger partial charge in [-0.05, 0) is 38.0 Å². The molecule has 0 bridgehead atoms. The maximum atomic E-state index is 11.6. The van der Waals surface area contributed by atoms with Crippen LogP contribution in [0.5, 0.6) is 0 Å². The summed E-state index contributed by atoms with van der Waals surface area (Å²) >= 11 is 0. The number of anilines is 2. The minimum Gasteiger partial charge on any atom is -0.462 e. The molecule has 1 saturated heterocycles. The Kier molecular flexibility index (Phi) is 5.20. The predicted octanol–water partition coefficient (Wildman–Crippen LogP) is 2.13. The standard InChI is InChI=1S/C17H21N5O2/c1-2-24-16(23)13-6-7-15(20-11-13)21-14-5-3-10-22(12-14)17-18-8-4-9-19-17/h4,6-9,11,14H,2-3,5,10,12H2,1H3,(H,20,21)/t14-/m0/s1. The molecular weight excluding hydrogens is 306 g/mol. The van der Waals surface area contributed by atoms with Crippen LogP contribution in [0.1, 0.15) is 30.1 Å². The van der Waals surface area contributed by atoms with Gasteiger partial charge in [-0.1, -0.05) is 0 Å². The summed E-state index contributed by atoms with van der Waals surface area (Å²) in [6, 6.07) is 5.62. The largest absolute Gasteiger partial charge is 0.462 e. The minimum atomic E-state index is -0.346. The third-order valence-corrected chi connectivity index (χ3v) is 3.88. The Morgan fingerprint density at radius 2 is 2.17 bits per heavy atom. The van der Waals surface area contributed by atoms with Crippen molar-refractivity contribution in [3.8, 4) is 0 Å². The number of carbonyl (C=O) groups excluding carboxylic acids is 1. The van der Waals surface area contributed by atoms with Gasteiger partial charge in [-0.3, -0.25) is 0 Å². The van der Waals surface area contributed by atoms with Gasteiger partial charge in [-0.2, -0.15) is 0 Å². The van der Waals surface area contributed by atoms with Crippen LogP contribution in [0.3, 0.4) is 0 Å². The van der Waals surface area contributed by atoms with E-state index < -0.39 is 0 Å². The summed E-state index contributed by atoms with van der Waals surface area (Å²) < 4.78 is 4.96. The van der Waals surface area contributed by atoms with Crippen LogP contribution in [0.4, 0.5) is 11.8 Å². The van der Waals surface area contributed by atoms with Gasteiger partial charge < -0.3 is 15.0 Å². The van der Waals surface area contributed by atoms with E-state index in [9.17, 15) is 4.79 Å². The topological polar surface area (TPSA) is 80.2 Å². The summed E-state index contributed by atoms with van der Waals surface area (Å²) in [6.45, 7) is 3.92. The van der Waals surface area contributed by atoms with E-state index in [1.165, 1.54) is 0 Å². The first kappa shape index (κ1) is 16.2. The summed E-state index contributed by atoms with van der Waals surface area (Å²) in [5.74, 6) is 1.17. The summed E-state index contributed by atoms with van der Waals surface area (Å²) in [5, 5.41) is 3.42. The third-order valence-electron chi connectivity index (χ3n) is 3.88. The van der Waals surface area contributed by atoms with Crippen molar-refractivity contribution in [2.75, 3.05) is 29.9 Å². The molecule has 0 amide bonds. The van der Waals surface area contributed by atoms with Crippen molar-refractivity contribution in [1.29, 1.82) is 0 Å². The van der Waals surface area contributed by atoms with Gasteiger partial charge in [0.25, 0.3) is 0 Å². The molecule has 7 heteroatoms.